The van der Waals surface area contributed by atoms with E-state index in [4.69, 9.17) is 5.73 Å². The van der Waals surface area contributed by atoms with Crippen LogP contribution >= 0.6 is 0 Å². The summed E-state index contributed by atoms with van der Waals surface area (Å²) in [5.74, 6) is 0.673. The molecule has 4 aromatic carbocycles. The van der Waals surface area contributed by atoms with Crippen molar-refractivity contribution in [2.45, 2.75) is 0 Å². The molecule has 4 rings (SSSR count). The molecule has 0 saturated heterocycles. The number of fused-ring (bicyclic) bond motifs is 2. The topological polar surface area (TPSA) is 86.7 Å². The zero-order valence-corrected chi connectivity index (χ0v) is 12.8. The van der Waals surface area contributed by atoms with Crippen molar-refractivity contribution in [1.82, 2.24) is 0 Å². The maximum atomic E-state index is 9.44. The Morgan fingerprint density at radius 1 is 0.458 bits per heavy atom. The monoisotopic (exact) mass is 319 g/mol. The lowest BCUT2D eigenvalue weighted by molar-refractivity contribution is 0.475. The zero-order chi connectivity index (χ0) is 17.1. The van der Waals surface area contributed by atoms with Gasteiger partial charge in [0.05, 0.1) is 0 Å². The van der Waals surface area contributed by atoms with Gasteiger partial charge in [-0.1, -0.05) is 48.5 Å². The second-order valence-electron chi connectivity index (χ2n) is 5.37. The molecule has 0 amide bonds. The Morgan fingerprint density at radius 3 is 1.42 bits per heavy atom. The van der Waals surface area contributed by atoms with Crippen molar-refractivity contribution in [3.8, 4) is 17.2 Å². The maximum absolute atomic E-state index is 9.44. The van der Waals surface area contributed by atoms with Crippen molar-refractivity contribution in [2.24, 2.45) is 0 Å². The molecule has 4 heteroatoms. The van der Waals surface area contributed by atoms with E-state index in [0.29, 0.717) is 16.5 Å². The number of anilines is 1. The molecule has 0 spiro atoms. The predicted octanol–water partition coefficient (Wildman–Crippen LogP) is 4.38. The molecule has 24 heavy (non-hydrogen) atoms. The van der Waals surface area contributed by atoms with Crippen molar-refractivity contribution in [3.63, 3.8) is 0 Å². The summed E-state index contributed by atoms with van der Waals surface area (Å²) >= 11 is 0. The lowest BCUT2D eigenvalue weighted by Crippen LogP contribution is -1.85. The van der Waals surface area contributed by atoms with E-state index in [0.717, 1.165) is 10.8 Å². The van der Waals surface area contributed by atoms with Gasteiger partial charge in [0.15, 0.2) is 0 Å². The fourth-order valence-electron chi connectivity index (χ4n) is 2.58. The molecule has 0 unspecified atom stereocenters. The van der Waals surface area contributed by atoms with E-state index in [9.17, 15) is 15.3 Å². The number of nitrogen functional groups attached to an aromatic ring is 1. The standard InChI is InChI=1S/C10H9NO.C10H8O2/c11-9-5-6-10(12)8-4-2-1-3-7(8)9;11-9-5-1-3-7-8(9)4-2-6-10(7)12/h1-6,12H,11H2;1-6,11-12H. The van der Waals surface area contributed by atoms with Crippen LogP contribution in [-0.2, 0) is 0 Å². The normalized spacial score (nSPS) is 10.3. The predicted molar refractivity (Wildman–Crippen MR) is 97.3 cm³/mol. The van der Waals surface area contributed by atoms with E-state index in [-0.39, 0.29) is 17.2 Å². The van der Waals surface area contributed by atoms with Crippen LogP contribution in [0.15, 0.2) is 72.8 Å². The first kappa shape index (κ1) is 15.5. The highest BCUT2D eigenvalue weighted by molar-refractivity contribution is 5.96. The third kappa shape index (κ3) is 2.90. The molecule has 0 aliphatic rings. The minimum atomic E-state index is 0.198. The van der Waals surface area contributed by atoms with Gasteiger partial charge in [0, 0.05) is 27.2 Å². The number of hydrogen-bond acceptors (Lipinski definition) is 4. The Labute approximate surface area is 139 Å². The summed E-state index contributed by atoms with van der Waals surface area (Å²) in [5.41, 5.74) is 6.41. The summed E-state index contributed by atoms with van der Waals surface area (Å²) in [6.45, 7) is 0. The first-order valence-corrected chi connectivity index (χ1v) is 7.44. The molecule has 0 aliphatic carbocycles. The molecule has 0 radical (unpaired) electrons. The number of phenols is 3. The van der Waals surface area contributed by atoms with Crippen LogP contribution in [0.1, 0.15) is 0 Å². The largest absolute Gasteiger partial charge is 0.507 e. The average molecular weight is 319 g/mol. The van der Waals surface area contributed by atoms with Gasteiger partial charge in [-0.05, 0) is 24.3 Å². The number of nitrogens with two attached hydrogens (primary N) is 1. The Kier molecular flexibility index (Phi) is 4.12. The summed E-state index contributed by atoms with van der Waals surface area (Å²) in [4.78, 5) is 0. The molecule has 5 N–H and O–H groups in total. The van der Waals surface area contributed by atoms with E-state index in [1.165, 1.54) is 0 Å². The number of phenolic OH excluding ortho intramolecular Hbond substituents is 3. The van der Waals surface area contributed by atoms with Gasteiger partial charge in [-0.25, -0.2) is 0 Å². The number of aromatic hydroxyl groups is 3. The van der Waals surface area contributed by atoms with Gasteiger partial charge in [0.2, 0.25) is 0 Å². The summed E-state index contributed by atoms with van der Waals surface area (Å²) in [5, 5.41) is 31.3. The summed E-state index contributed by atoms with van der Waals surface area (Å²) in [6, 6.07) is 21.0. The van der Waals surface area contributed by atoms with Crippen LogP contribution < -0.4 is 5.73 Å². The lowest BCUT2D eigenvalue weighted by atomic mass is 10.1. The van der Waals surface area contributed by atoms with Crippen molar-refractivity contribution in [3.05, 3.63) is 72.8 Å². The summed E-state index contributed by atoms with van der Waals surface area (Å²) in [7, 11) is 0. The molecule has 4 aromatic rings. The molecule has 0 atom stereocenters. The van der Waals surface area contributed by atoms with Crippen LogP contribution in [0.25, 0.3) is 21.5 Å². The Hall–Kier alpha value is -3.40. The van der Waals surface area contributed by atoms with Crippen molar-refractivity contribution in [2.75, 3.05) is 5.73 Å². The first-order valence-electron chi connectivity index (χ1n) is 7.44. The minimum Gasteiger partial charge on any atom is -0.507 e. The molecular weight excluding hydrogens is 302 g/mol. The van der Waals surface area contributed by atoms with Crippen LogP contribution in [0, 0.1) is 0 Å². The van der Waals surface area contributed by atoms with E-state index >= 15 is 0 Å². The number of hydrogen-bond donors (Lipinski definition) is 4. The van der Waals surface area contributed by atoms with Crippen LogP contribution in [0.2, 0.25) is 0 Å². The van der Waals surface area contributed by atoms with Gasteiger partial charge in [-0.15, -0.1) is 0 Å². The lowest BCUT2D eigenvalue weighted by Gasteiger charge is -2.02. The minimum absolute atomic E-state index is 0.198. The van der Waals surface area contributed by atoms with E-state index in [1.807, 2.05) is 24.3 Å². The van der Waals surface area contributed by atoms with Gasteiger partial charge >= 0.3 is 0 Å². The van der Waals surface area contributed by atoms with Crippen molar-refractivity contribution >= 4 is 27.2 Å². The van der Waals surface area contributed by atoms with Gasteiger partial charge in [0.25, 0.3) is 0 Å². The van der Waals surface area contributed by atoms with Gasteiger partial charge in [0.1, 0.15) is 17.2 Å². The SMILES string of the molecule is Nc1ccc(O)c2ccccc12.Oc1cccc2c(O)cccc12. The highest BCUT2D eigenvalue weighted by Crippen LogP contribution is 2.30. The number of benzene rings is 4. The van der Waals surface area contributed by atoms with Gasteiger partial charge < -0.3 is 21.1 Å². The number of rotatable bonds is 0. The quantitative estimate of drug-likeness (QED) is 0.286. The molecule has 0 saturated carbocycles. The van der Waals surface area contributed by atoms with Gasteiger partial charge in [-0.3, -0.25) is 0 Å². The highest BCUT2D eigenvalue weighted by Gasteiger charge is 2.01. The second kappa shape index (κ2) is 6.38. The van der Waals surface area contributed by atoms with Crippen LogP contribution in [0.4, 0.5) is 5.69 Å². The van der Waals surface area contributed by atoms with Gasteiger partial charge in [-0.2, -0.15) is 0 Å². The molecule has 0 bridgehead atoms. The summed E-state index contributed by atoms with van der Waals surface area (Å²) < 4.78 is 0. The van der Waals surface area contributed by atoms with E-state index in [2.05, 4.69) is 0 Å². The Bertz CT molecular complexity index is 893. The molecule has 0 fully saturated rings. The molecule has 120 valence electrons. The molecule has 0 aromatic heterocycles. The third-order valence-electron chi connectivity index (χ3n) is 3.81. The fraction of sp³-hybridized carbons (Fsp3) is 0. The average Bonchev–Trinajstić information content (AvgIpc) is 2.60. The van der Waals surface area contributed by atoms with E-state index < -0.39 is 0 Å². The Morgan fingerprint density at radius 2 is 0.875 bits per heavy atom. The molecule has 0 aliphatic heterocycles. The van der Waals surface area contributed by atoms with Crippen LogP contribution in [-0.4, -0.2) is 15.3 Å². The van der Waals surface area contributed by atoms with Crippen molar-refractivity contribution in [1.29, 1.82) is 0 Å². The fourth-order valence-corrected chi connectivity index (χ4v) is 2.58. The highest BCUT2D eigenvalue weighted by atomic mass is 16.3. The van der Waals surface area contributed by atoms with Crippen LogP contribution in [0.3, 0.4) is 0 Å². The summed E-state index contributed by atoms with van der Waals surface area (Å²) in [6.07, 6.45) is 0. The Balaban J connectivity index is 0.000000141. The molecule has 0 heterocycles. The maximum Gasteiger partial charge on any atom is 0.123 e. The first-order chi connectivity index (χ1) is 11.6. The van der Waals surface area contributed by atoms with Crippen molar-refractivity contribution < 1.29 is 15.3 Å². The van der Waals surface area contributed by atoms with Crippen LogP contribution in [0.5, 0.6) is 17.2 Å². The zero-order valence-electron chi connectivity index (χ0n) is 12.8. The second-order valence-corrected chi connectivity index (χ2v) is 5.37. The van der Waals surface area contributed by atoms with E-state index in [1.54, 1.807) is 48.5 Å². The smallest absolute Gasteiger partial charge is 0.123 e. The molecule has 4 nitrogen and oxygen atoms in total. The third-order valence-corrected chi connectivity index (χ3v) is 3.81. The molecular formula is C20H17NO3.